The van der Waals surface area contributed by atoms with Crippen LogP contribution < -0.4 is 10.4 Å². The maximum atomic E-state index is 11.5. The summed E-state index contributed by atoms with van der Waals surface area (Å²) >= 11 is 0. The summed E-state index contributed by atoms with van der Waals surface area (Å²) in [6.45, 7) is 8.65. The Morgan fingerprint density at radius 3 is 1.70 bits per heavy atom. The highest BCUT2D eigenvalue weighted by molar-refractivity contribution is 6.99. The van der Waals surface area contributed by atoms with Crippen LogP contribution in [0.15, 0.2) is 60.7 Å². The van der Waals surface area contributed by atoms with Crippen molar-refractivity contribution in [2.75, 3.05) is 0 Å². The van der Waals surface area contributed by atoms with Gasteiger partial charge in [0.05, 0.1) is 0 Å². The zero-order chi connectivity index (χ0) is 16.9. The Balaban J connectivity index is 2.72. The lowest BCUT2D eigenvalue weighted by atomic mass is 10.2. The van der Waals surface area contributed by atoms with Crippen LogP contribution in [0.2, 0.25) is 5.04 Å². The van der Waals surface area contributed by atoms with Crippen molar-refractivity contribution in [3.05, 3.63) is 60.7 Å². The lowest BCUT2D eigenvalue weighted by molar-refractivity contribution is -0.114. The quantitative estimate of drug-likeness (QED) is 0.599. The van der Waals surface area contributed by atoms with E-state index in [-0.39, 0.29) is 11.1 Å². The average Bonchev–Trinajstić information content (AvgIpc) is 2.57. The molecular weight excluding hydrogens is 300 g/mol. The van der Waals surface area contributed by atoms with Gasteiger partial charge in [0.15, 0.2) is 0 Å². The molecule has 0 aliphatic heterocycles. The first-order valence-corrected chi connectivity index (χ1v) is 10.1. The SMILES string of the molecule is CC[C@H](C=O)O[Si](c1ccccc1)(c1ccccc1)C(C)(C)C. The molecular formula is C20H26O2Si. The number of rotatable bonds is 6. The minimum Gasteiger partial charge on any atom is -0.398 e. The van der Waals surface area contributed by atoms with E-state index in [1.54, 1.807) is 0 Å². The van der Waals surface area contributed by atoms with Crippen LogP contribution in [0.4, 0.5) is 0 Å². The van der Waals surface area contributed by atoms with Gasteiger partial charge in [0.1, 0.15) is 12.4 Å². The smallest absolute Gasteiger partial charge is 0.262 e. The van der Waals surface area contributed by atoms with Gasteiger partial charge >= 0.3 is 0 Å². The third-order valence-corrected chi connectivity index (χ3v) is 9.36. The van der Waals surface area contributed by atoms with Crippen molar-refractivity contribution < 1.29 is 9.22 Å². The molecule has 0 aromatic heterocycles. The summed E-state index contributed by atoms with van der Waals surface area (Å²) < 4.78 is 6.64. The van der Waals surface area contributed by atoms with Crippen molar-refractivity contribution >= 4 is 25.0 Å². The van der Waals surface area contributed by atoms with Crippen LogP contribution >= 0.6 is 0 Å². The number of benzene rings is 2. The zero-order valence-corrected chi connectivity index (χ0v) is 15.5. The molecule has 0 aliphatic carbocycles. The summed E-state index contributed by atoms with van der Waals surface area (Å²) in [5.41, 5.74) is 0. The molecule has 0 heterocycles. The van der Waals surface area contributed by atoms with Gasteiger partial charge in [-0.05, 0) is 21.8 Å². The number of hydrogen-bond acceptors (Lipinski definition) is 2. The summed E-state index contributed by atoms with van der Waals surface area (Å²) in [5, 5.41) is 2.32. The summed E-state index contributed by atoms with van der Waals surface area (Å²) in [7, 11) is -2.59. The van der Waals surface area contributed by atoms with Gasteiger partial charge in [-0.1, -0.05) is 88.4 Å². The molecule has 3 heteroatoms. The first-order valence-electron chi connectivity index (χ1n) is 8.20. The number of aldehydes is 1. The summed E-state index contributed by atoms with van der Waals surface area (Å²) in [4.78, 5) is 11.5. The second-order valence-corrected chi connectivity index (χ2v) is 11.1. The largest absolute Gasteiger partial charge is 0.398 e. The van der Waals surface area contributed by atoms with Gasteiger partial charge in [0.25, 0.3) is 8.32 Å². The molecule has 0 amide bonds. The van der Waals surface area contributed by atoms with Crippen LogP contribution in [-0.2, 0) is 9.22 Å². The van der Waals surface area contributed by atoms with E-state index < -0.39 is 8.32 Å². The molecule has 0 saturated heterocycles. The number of carbonyl (C=O) groups excluding carboxylic acids is 1. The molecule has 2 aromatic carbocycles. The van der Waals surface area contributed by atoms with E-state index in [4.69, 9.17) is 4.43 Å². The molecule has 0 fully saturated rings. The van der Waals surface area contributed by atoms with E-state index in [9.17, 15) is 4.79 Å². The van der Waals surface area contributed by atoms with Gasteiger partial charge in [0.2, 0.25) is 0 Å². The van der Waals surface area contributed by atoms with E-state index in [2.05, 4.69) is 69.3 Å². The van der Waals surface area contributed by atoms with Crippen LogP contribution in [-0.4, -0.2) is 20.7 Å². The highest BCUT2D eigenvalue weighted by atomic mass is 28.4. The first-order chi connectivity index (χ1) is 11.0. The van der Waals surface area contributed by atoms with E-state index in [1.165, 1.54) is 10.4 Å². The minimum atomic E-state index is -2.59. The topological polar surface area (TPSA) is 26.3 Å². The third-order valence-electron chi connectivity index (χ3n) is 4.30. The van der Waals surface area contributed by atoms with Crippen molar-refractivity contribution in [3.8, 4) is 0 Å². The van der Waals surface area contributed by atoms with Crippen LogP contribution in [0.1, 0.15) is 34.1 Å². The van der Waals surface area contributed by atoms with Crippen LogP contribution in [0.5, 0.6) is 0 Å². The molecule has 0 aliphatic rings. The van der Waals surface area contributed by atoms with E-state index in [0.29, 0.717) is 6.42 Å². The average molecular weight is 327 g/mol. The van der Waals surface area contributed by atoms with Gasteiger partial charge in [0, 0.05) is 0 Å². The number of hydrogen-bond donors (Lipinski definition) is 0. The maximum Gasteiger partial charge on any atom is 0.262 e. The normalized spacial score (nSPS) is 13.6. The molecule has 0 bridgehead atoms. The lowest BCUT2D eigenvalue weighted by Crippen LogP contribution is -2.67. The van der Waals surface area contributed by atoms with E-state index >= 15 is 0 Å². The van der Waals surface area contributed by atoms with E-state index in [1.807, 2.05) is 19.1 Å². The van der Waals surface area contributed by atoms with Crippen molar-refractivity contribution in [2.45, 2.75) is 45.3 Å². The van der Waals surface area contributed by atoms with Gasteiger partial charge < -0.3 is 9.22 Å². The molecule has 2 nitrogen and oxygen atoms in total. The molecule has 2 aromatic rings. The molecule has 2 rings (SSSR count). The fraction of sp³-hybridized carbons (Fsp3) is 0.350. The summed E-state index contributed by atoms with van der Waals surface area (Å²) in [6.07, 6.45) is 1.26. The van der Waals surface area contributed by atoms with Crippen molar-refractivity contribution in [1.29, 1.82) is 0 Å². The second-order valence-electron chi connectivity index (χ2n) is 6.86. The standard InChI is InChI=1S/C20H26O2Si/c1-5-17(16-21)22-23(20(2,3)4,18-12-8-6-9-13-18)19-14-10-7-11-15-19/h6-17H,5H2,1-4H3/t17-/m1/s1. The monoisotopic (exact) mass is 326 g/mol. The second kappa shape index (κ2) is 7.24. The van der Waals surface area contributed by atoms with Crippen LogP contribution in [0.25, 0.3) is 0 Å². The Kier molecular flexibility index (Phi) is 5.55. The Morgan fingerprint density at radius 2 is 1.39 bits per heavy atom. The third kappa shape index (κ3) is 3.46. The highest BCUT2D eigenvalue weighted by Crippen LogP contribution is 2.37. The fourth-order valence-electron chi connectivity index (χ4n) is 3.13. The van der Waals surface area contributed by atoms with Crippen molar-refractivity contribution in [1.82, 2.24) is 0 Å². The lowest BCUT2D eigenvalue weighted by Gasteiger charge is -2.44. The van der Waals surface area contributed by atoms with Crippen molar-refractivity contribution in [3.63, 3.8) is 0 Å². The fourth-order valence-corrected chi connectivity index (χ4v) is 7.82. The minimum absolute atomic E-state index is 0.0911. The Bertz CT molecular complexity index is 578. The Labute approximate surface area is 140 Å². The maximum absolute atomic E-state index is 11.5. The highest BCUT2D eigenvalue weighted by Gasteiger charge is 2.51. The van der Waals surface area contributed by atoms with Gasteiger partial charge in [-0.3, -0.25) is 0 Å². The molecule has 0 saturated carbocycles. The Hall–Kier alpha value is -1.71. The molecule has 23 heavy (non-hydrogen) atoms. The zero-order valence-electron chi connectivity index (χ0n) is 14.5. The van der Waals surface area contributed by atoms with Crippen LogP contribution in [0.3, 0.4) is 0 Å². The summed E-state index contributed by atoms with van der Waals surface area (Å²) in [5.74, 6) is 0. The van der Waals surface area contributed by atoms with Gasteiger partial charge in [-0.25, -0.2) is 0 Å². The van der Waals surface area contributed by atoms with Gasteiger partial charge in [-0.2, -0.15) is 0 Å². The molecule has 122 valence electrons. The van der Waals surface area contributed by atoms with Crippen LogP contribution in [0, 0.1) is 0 Å². The van der Waals surface area contributed by atoms with Gasteiger partial charge in [-0.15, -0.1) is 0 Å². The first kappa shape index (κ1) is 17.6. The Morgan fingerprint density at radius 1 is 0.957 bits per heavy atom. The molecule has 0 spiro atoms. The predicted octanol–water partition coefficient (Wildman–Crippen LogP) is 3.54. The van der Waals surface area contributed by atoms with E-state index in [0.717, 1.165) is 6.29 Å². The molecule has 0 N–H and O–H groups in total. The molecule has 0 radical (unpaired) electrons. The molecule has 0 unspecified atom stereocenters. The predicted molar refractivity (Wildman–Crippen MR) is 98.8 cm³/mol. The van der Waals surface area contributed by atoms with Crippen molar-refractivity contribution in [2.24, 2.45) is 0 Å². The number of carbonyl (C=O) groups is 1. The molecule has 1 atom stereocenters. The summed E-state index contributed by atoms with van der Waals surface area (Å²) in [6, 6.07) is 20.8.